The van der Waals surface area contributed by atoms with Crippen molar-refractivity contribution in [3.05, 3.63) is 38.9 Å². The molecule has 0 spiro atoms. The summed E-state index contributed by atoms with van der Waals surface area (Å²) < 4.78 is 0. The Morgan fingerprint density at radius 1 is 1.57 bits per heavy atom. The SMILES string of the molecule is C/C(Cn1nnc([N+](=O)[O-])n1)=N\NC(=O)c1ccc(Cl)cc1O. The number of nitrogens with zero attached hydrogens (tertiary/aromatic N) is 6. The summed E-state index contributed by atoms with van der Waals surface area (Å²) in [6.07, 6.45) is 0. The smallest absolute Gasteiger partial charge is 0.507 e. The molecule has 0 bridgehead atoms. The molecule has 0 aliphatic rings. The number of hydrogen-bond acceptors (Lipinski definition) is 8. The molecule has 120 valence electrons. The van der Waals surface area contributed by atoms with Gasteiger partial charge >= 0.3 is 5.95 Å². The molecule has 2 aromatic rings. The summed E-state index contributed by atoms with van der Waals surface area (Å²) >= 11 is 5.67. The number of amides is 1. The number of nitrogens with one attached hydrogen (secondary N) is 1. The second kappa shape index (κ2) is 6.79. The number of aromatic nitrogens is 4. The first-order valence-electron chi connectivity index (χ1n) is 6.11. The highest BCUT2D eigenvalue weighted by Gasteiger charge is 2.16. The summed E-state index contributed by atoms with van der Waals surface area (Å²) in [6, 6.07) is 4.02. The first-order valence-corrected chi connectivity index (χ1v) is 6.49. The fraction of sp³-hybridized carbons (Fsp3) is 0.182. The van der Waals surface area contributed by atoms with E-state index in [4.69, 9.17) is 11.6 Å². The van der Waals surface area contributed by atoms with Crippen LogP contribution in [0.1, 0.15) is 17.3 Å². The number of rotatable bonds is 5. The van der Waals surface area contributed by atoms with E-state index in [-0.39, 0.29) is 22.9 Å². The molecule has 0 saturated carbocycles. The molecule has 12 heteroatoms. The number of carbonyl (C=O) groups is 1. The highest BCUT2D eigenvalue weighted by Crippen LogP contribution is 2.21. The molecule has 2 N–H and O–H groups in total. The third-order valence-electron chi connectivity index (χ3n) is 2.53. The van der Waals surface area contributed by atoms with Gasteiger partial charge in [-0.1, -0.05) is 16.4 Å². The monoisotopic (exact) mass is 339 g/mol. The molecular weight excluding hydrogens is 330 g/mol. The van der Waals surface area contributed by atoms with Crippen LogP contribution in [0.5, 0.6) is 5.75 Å². The Morgan fingerprint density at radius 2 is 2.30 bits per heavy atom. The van der Waals surface area contributed by atoms with E-state index < -0.39 is 16.8 Å². The van der Waals surface area contributed by atoms with E-state index in [1.165, 1.54) is 18.2 Å². The number of phenolic OH excluding ortho intramolecular Hbond substituents is 1. The Labute approximate surface area is 133 Å². The van der Waals surface area contributed by atoms with Crippen molar-refractivity contribution in [3.63, 3.8) is 0 Å². The van der Waals surface area contributed by atoms with Crippen LogP contribution in [0.3, 0.4) is 0 Å². The molecule has 0 aliphatic heterocycles. The van der Waals surface area contributed by atoms with Gasteiger partial charge in [0.2, 0.25) is 0 Å². The minimum Gasteiger partial charge on any atom is -0.507 e. The van der Waals surface area contributed by atoms with Gasteiger partial charge in [-0.15, -0.1) is 0 Å². The number of aromatic hydroxyl groups is 1. The Kier molecular flexibility index (Phi) is 4.81. The van der Waals surface area contributed by atoms with Gasteiger partial charge in [-0.25, -0.2) is 5.43 Å². The molecule has 0 fully saturated rings. The molecule has 1 aromatic carbocycles. The van der Waals surface area contributed by atoms with Gasteiger partial charge in [-0.05, 0) is 30.0 Å². The van der Waals surface area contributed by atoms with Gasteiger partial charge in [0.1, 0.15) is 12.3 Å². The summed E-state index contributed by atoms with van der Waals surface area (Å²) in [7, 11) is 0. The van der Waals surface area contributed by atoms with Crippen molar-refractivity contribution in [1.82, 2.24) is 25.6 Å². The summed E-state index contributed by atoms with van der Waals surface area (Å²) in [5, 5.41) is 34.3. The third kappa shape index (κ3) is 4.20. The number of carbonyl (C=O) groups excluding carboxylic acids is 1. The lowest BCUT2D eigenvalue weighted by Crippen LogP contribution is -2.21. The maximum absolute atomic E-state index is 11.9. The van der Waals surface area contributed by atoms with Crippen LogP contribution in [-0.4, -0.2) is 41.9 Å². The zero-order chi connectivity index (χ0) is 17.0. The van der Waals surface area contributed by atoms with Gasteiger partial charge in [-0.3, -0.25) is 4.79 Å². The molecule has 0 unspecified atom stereocenters. The summed E-state index contributed by atoms with van der Waals surface area (Å²) in [5.74, 6) is -1.56. The second-order valence-corrected chi connectivity index (χ2v) is 4.76. The number of halogens is 1. The van der Waals surface area contributed by atoms with E-state index in [1.807, 2.05) is 0 Å². The molecule has 1 heterocycles. The first kappa shape index (κ1) is 16.3. The normalized spacial score (nSPS) is 11.3. The van der Waals surface area contributed by atoms with Gasteiger partial charge in [0.25, 0.3) is 5.91 Å². The standard InChI is InChI=1S/C11H10ClN7O4/c1-6(5-18-16-11(15-17-18)19(22)23)13-14-10(21)8-3-2-7(12)4-9(8)20/h2-4,20H,5H2,1H3,(H,14,21)/b13-6+. The fourth-order valence-corrected chi connectivity index (χ4v) is 1.68. The summed E-state index contributed by atoms with van der Waals surface area (Å²) in [5.41, 5.74) is 2.59. The molecule has 0 atom stereocenters. The topological polar surface area (TPSA) is 148 Å². The highest BCUT2D eigenvalue weighted by atomic mass is 35.5. The maximum Gasteiger partial charge on any atom is 0.514 e. The van der Waals surface area contributed by atoms with Crippen molar-refractivity contribution in [3.8, 4) is 5.75 Å². The van der Waals surface area contributed by atoms with Crippen LogP contribution in [0, 0.1) is 10.1 Å². The van der Waals surface area contributed by atoms with Gasteiger partial charge in [0.15, 0.2) is 0 Å². The molecule has 0 radical (unpaired) electrons. The number of benzene rings is 1. The van der Waals surface area contributed by atoms with E-state index in [0.717, 1.165) is 4.80 Å². The van der Waals surface area contributed by atoms with Crippen molar-refractivity contribution >= 4 is 29.2 Å². The van der Waals surface area contributed by atoms with E-state index >= 15 is 0 Å². The van der Waals surface area contributed by atoms with Crippen LogP contribution in [-0.2, 0) is 6.54 Å². The molecule has 0 saturated heterocycles. The van der Waals surface area contributed by atoms with Crippen LogP contribution in [0.2, 0.25) is 5.02 Å². The Bertz CT molecular complexity index is 788. The Hall–Kier alpha value is -3.08. The third-order valence-corrected chi connectivity index (χ3v) is 2.76. The maximum atomic E-state index is 11.9. The molecule has 0 aliphatic carbocycles. The first-order chi connectivity index (χ1) is 10.9. The zero-order valence-corrected chi connectivity index (χ0v) is 12.4. The molecule has 23 heavy (non-hydrogen) atoms. The molecule has 1 amide bonds. The Morgan fingerprint density at radius 3 is 2.91 bits per heavy atom. The Balaban J connectivity index is 2.00. The lowest BCUT2D eigenvalue weighted by Gasteiger charge is -2.04. The van der Waals surface area contributed by atoms with Crippen LogP contribution in [0.25, 0.3) is 0 Å². The predicted molar refractivity (Wildman–Crippen MR) is 78.2 cm³/mol. The minimum atomic E-state index is -0.777. The minimum absolute atomic E-state index is 0.000434. The summed E-state index contributed by atoms with van der Waals surface area (Å²) in [4.78, 5) is 22.5. The van der Waals surface area contributed by atoms with Gasteiger partial charge < -0.3 is 15.2 Å². The van der Waals surface area contributed by atoms with Crippen LogP contribution in [0.4, 0.5) is 5.95 Å². The van der Waals surface area contributed by atoms with Crippen molar-refractivity contribution < 1.29 is 14.8 Å². The van der Waals surface area contributed by atoms with Crippen molar-refractivity contribution in [1.29, 1.82) is 0 Å². The number of hydrazone groups is 1. The number of tetrazole rings is 1. The van der Waals surface area contributed by atoms with E-state index in [0.29, 0.717) is 5.71 Å². The van der Waals surface area contributed by atoms with E-state index in [1.54, 1.807) is 6.92 Å². The highest BCUT2D eigenvalue weighted by molar-refractivity contribution is 6.30. The van der Waals surface area contributed by atoms with E-state index in [2.05, 4.69) is 25.9 Å². The molecule has 2 rings (SSSR count). The van der Waals surface area contributed by atoms with Gasteiger partial charge in [-0.2, -0.15) is 5.10 Å². The van der Waals surface area contributed by atoms with Crippen LogP contribution < -0.4 is 5.43 Å². The van der Waals surface area contributed by atoms with E-state index in [9.17, 15) is 20.0 Å². The molecule has 11 nitrogen and oxygen atoms in total. The van der Waals surface area contributed by atoms with Crippen LogP contribution >= 0.6 is 11.6 Å². The van der Waals surface area contributed by atoms with Crippen molar-refractivity contribution in [2.75, 3.05) is 0 Å². The van der Waals surface area contributed by atoms with Crippen molar-refractivity contribution in [2.45, 2.75) is 13.5 Å². The lowest BCUT2D eigenvalue weighted by molar-refractivity contribution is -0.394. The average molecular weight is 340 g/mol. The van der Waals surface area contributed by atoms with Gasteiger partial charge in [0, 0.05) is 10.2 Å². The number of nitro groups is 1. The zero-order valence-electron chi connectivity index (χ0n) is 11.7. The average Bonchev–Trinajstić information content (AvgIpc) is 2.93. The molecular formula is C11H10ClN7O4. The number of hydrogen-bond donors (Lipinski definition) is 2. The lowest BCUT2D eigenvalue weighted by atomic mass is 10.2. The second-order valence-electron chi connectivity index (χ2n) is 4.33. The van der Waals surface area contributed by atoms with Crippen LogP contribution in [0.15, 0.2) is 23.3 Å². The summed E-state index contributed by atoms with van der Waals surface area (Å²) in [6.45, 7) is 1.55. The quantitative estimate of drug-likeness (QED) is 0.463. The number of phenols is 1. The van der Waals surface area contributed by atoms with Gasteiger partial charge in [0.05, 0.1) is 21.5 Å². The fourth-order valence-electron chi connectivity index (χ4n) is 1.52. The predicted octanol–water partition coefficient (Wildman–Crippen LogP) is 0.746. The van der Waals surface area contributed by atoms with Crippen molar-refractivity contribution in [2.24, 2.45) is 5.10 Å². The largest absolute Gasteiger partial charge is 0.514 e. The molecule has 1 aromatic heterocycles.